The van der Waals surface area contributed by atoms with Gasteiger partial charge in [-0.3, -0.25) is 14.5 Å². The van der Waals surface area contributed by atoms with Crippen molar-refractivity contribution in [2.45, 2.75) is 25.9 Å². The minimum atomic E-state index is -1.00. The van der Waals surface area contributed by atoms with E-state index in [0.717, 1.165) is 0 Å². The Labute approximate surface area is 234 Å². The molecule has 6 nitrogen and oxygen atoms in total. The minimum Gasteiger partial charge on any atom is -0.457 e. The van der Waals surface area contributed by atoms with Crippen molar-refractivity contribution in [3.8, 4) is 11.5 Å². The number of hydrogen-bond acceptors (Lipinski definition) is 4. The van der Waals surface area contributed by atoms with Crippen LogP contribution in [0.15, 0.2) is 78.9 Å². The first-order chi connectivity index (χ1) is 17.9. The molecule has 1 saturated heterocycles. The van der Waals surface area contributed by atoms with Gasteiger partial charge in [0.2, 0.25) is 5.91 Å². The van der Waals surface area contributed by atoms with Crippen LogP contribution in [0.5, 0.6) is 11.5 Å². The SMILES string of the molecule is CC(C)[C@H]1CN(C(=O)[C@H](c2ccc(F)cc2)N(C(=O)CCl)c2ccc(Oc3ccccc3)cc2)CCN1.Cl. The van der Waals surface area contributed by atoms with Gasteiger partial charge in [0.1, 0.15) is 29.2 Å². The monoisotopic (exact) mass is 559 g/mol. The van der Waals surface area contributed by atoms with Crippen LogP contribution in [0.3, 0.4) is 0 Å². The third-order valence-corrected chi connectivity index (χ3v) is 6.71. The molecule has 0 spiro atoms. The number of amides is 2. The smallest absolute Gasteiger partial charge is 0.250 e. The maximum Gasteiger partial charge on any atom is 0.250 e. The molecule has 9 heteroatoms. The summed E-state index contributed by atoms with van der Waals surface area (Å²) in [7, 11) is 0. The lowest BCUT2D eigenvalue weighted by Gasteiger charge is -2.40. The largest absolute Gasteiger partial charge is 0.457 e. The number of benzene rings is 3. The van der Waals surface area contributed by atoms with Crippen LogP contribution in [0.4, 0.5) is 10.1 Å². The summed E-state index contributed by atoms with van der Waals surface area (Å²) in [6, 6.07) is 21.1. The van der Waals surface area contributed by atoms with Gasteiger partial charge in [-0.05, 0) is 60.0 Å². The van der Waals surface area contributed by atoms with Gasteiger partial charge < -0.3 is 15.0 Å². The fraction of sp³-hybridized carbons (Fsp3) is 0.310. The molecule has 1 aliphatic heterocycles. The normalized spacial score (nSPS) is 15.9. The third kappa shape index (κ3) is 7.04. The quantitative estimate of drug-likeness (QED) is 0.354. The van der Waals surface area contributed by atoms with Crippen molar-refractivity contribution in [1.82, 2.24) is 10.2 Å². The van der Waals surface area contributed by atoms with E-state index in [1.807, 2.05) is 30.3 Å². The van der Waals surface area contributed by atoms with Crippen LogP contribution in [0.2, 0.25) is 0 Å². The molecule has 1 fully saturated rings. The van der Waals surface area contributed by atoms with Gasteiger partial charge in [0.25, 0.3) is 5.91 Å². The van der Waals surface area contributed by atoms with Crippen LogP contribution >= 0.6 is 24.0 Å². The lowest BCUT2D eigenvalue weighted by molar-refractivity contribution is -0.135. The molecule has 4 rings (SSSR count). The van der Waals surface area contributed by atoms with Crippen molar-refractivity contribution < 1.29 is 18.7 Å². The lowest BCUT2D eigenvalue weighted by Crippen LogP contribution is -2.57. The summed E-state index contributed by atoms with van der Waals surface area (Å²) in [6.45, 7) is 5.88. The van der Waals surface area contributed by atoms with Gasteiger partial charge in [0, 0.05) is 31.4 Å². The summed E-state index contributed by atoms with van der Waals surface area (Å²) in [6.07, 6.45) is 0. The molecule has 1 aliphatic rings. The highest BCUT2D eigenvalue weighted by molar-refractivity contribution is 6.29. The van der Waals surface area contributed by atoms with E-state index in [1.165, 1.54) is 17.0 Å². The van der Waals surface area contributed by atoms with Crippen molar-refractivity contribution in [1.29, 1.82) is 0 Å². The number of hydrogen-bond donors (Lipinski definition) is 1. The van der Waals surface area contributed by atoms with Crippen LogP contribution in [0.1, 0.15) is 25.5 Å². The average molecular weight is 560 g/mol. The van der Waals surface area contributed by atoms with E-state index in [-0.39, 0.29) is 30.2 Å². The Morgan fingerprint density at radius 3 is 2.26 bits per heavy atom. The highest BCUT2D eigenvalue weighted by Crippen LogP contribution is 2.32. The molecule has 0 aromatic heterocycles. The second-order valence-electron chi connectivity index (χ2n) is 9.35. The van der Waals surface area contributed by atoms with E-state index in [1.54, 1.807) is 41.3 Å². The van der Waals surface area contributed by atoms with Crippen molar-refractivity contribution in [2.75, 3.05) is 30.4 Å². The van der Waals surface area contributed by atoms with E-state index in [9.17, 15) is 14.0 Å². The maximum absolute atomic E-state index is 14.0. The zero-order chi connectivity index (χ0) is 26.4. The van der Waals surface area contributed by atoms with E-state index >= 15 is 0 Å². The van der Waals surface area contributed by atoms with E-state index in [4.69, 9.17) is 16.3 Å². The van der Waals surface area contributed by atoms with E-state index in [0.29, 0.717) is 48.3 Å². The highest BCUT2D eigenvalue weighted by Gasteiger charge is 2.37. The second kappa shape index (κ2) is 13.6. The molecule has 3 aromatic rings. The predicted octanol–water partition coefficient (Wildman–Crippen LogP) is 5.81. The van der Waals surface area contributed by atoms with Crippen LogP contribution < -0.4 is 15.0 Å². The Morgan fingerprint density at radius 1 is 1.03 bits per heavy atom. The molecule has 1 N–H and O–H groups in total. The molecule has 3 aromatic carbocycles. The Morgan fingerprint density at radius 2 is 1.66 bits per heavy atom. The molecule has 2 amide bonds. The Bertz CT molecular complexity index is 1190. The Balaban J connectivity index is 0.00000400. The number of ether oxygens (including phenoxy) is 1. The number of halogens is 3. The molecule has 202 valence electrons. The number of alkyl halides is 1. The maximum atomic E-state index is 14.0. The number of nitrogens with zero attached hydrogens (tertiary/aromatic N) is 2. The summed E-state index contributed by atoms with van der Waals surface area (Å²) >= 11 is 6.04. The average Bonchev–Trinajstić information content (AvgIpc) is 2.93. The lowest BCUT2D eigenvalue weighted by atomic mass is 9.98. The summed E-state index contributed by atoms with van der Waals surface area (Å²) in [5.41, 5.74) is 0.999. The number of carbonyl (C=O) groups is 2. The summed E-state index contributed by atoms with van der Waals surface area (Å²) < 4.78 is 19.7. The first-order valence-electron chi connectivity index (χ1n) is 12.4. The van der Waals surface area contributed by atoms with Crippen LogP contribution in [-0.4, -0.2) is 48.3 Å². The van der Waals surface area contributed by atoms with Gasteiger partial charge in [0.05, 0.1) is 0 Å². The van der Waals surface area contributed by atoms with Crippen molar-refractivity contribution in [3.05, 3.63) is 90.2 Å². The van der Waals surface area contributed by atoms with E-state index in [2.05, 4.69) is 19.2 Å². The molecule has 2 atom stereocenters. The molecular formula is C29H32Cl2FN3O3. The van der Waals surface area contributed by atoms with Gasteiger partial charge in [-0.15, -0.1) is 24.0 Å². The molecule has 1 heterocycles. The minimum absolute atomic E-state index is 0. The van der Waals surface area contributed by atoms with Crippen LogP contribution in [0.25, 0.3) is 0 Å². The Hall–Kier alpha value is -3.13. The predicted molar refractivity (Wildman–Crippen MR) is 151 cm³/mol. The molecular weight excluding hydrogens is 528 g/mol. The first kappa shape index (κ1) is 29.4. The van der Waals surface area contributed by atoms with Crippen LogP contribution in [0, 0.1) is 11.7 Å². The van der Waals surface area contributed by atoms with Gasteiger partial charge in [-0.25, -0.2) is 4.39 Å². The molecule has 0 saturated carbocycles. The van der Waals surface area contributed by atoms with Gasteiger partial charge >= 0.3 is 0 Å². The molecule has 0 aliphatic carbocycles. The zero-order valence-electron chi connectivity index (χ0n) is 21.3. The fourth-order valence-corrected chi connectivity index (χ4v) is 4.57. The van der Waals surface area contributed by atoms with Crippen LogP contribution in [-0.2, 0) is 9.59 Å². The molecule has 0 unspecified atom stereocenters. The molecule has 38 heavy (non-hydrogen) atoms. The second-order valence-corrected chi connectivity index (χ2v) is 9.62. The van der Waals surface area contributed by atoms with Crippen molar-refractivity contribution in [3.63, 3.8) is 0 Å². The number of para-hydroxylation sites is 1. The molecule has 0 radical (unpaired) electrons. The molecule has 0 bridgehead atoms. The number of nitrogens with one attached hydrogen (secondary N) is 1. The van der Waals surface area contributed by atoms with E-state index < -0.39 is 17.8 Å². The van der Waals surface area contributed by atoms with Gasteiger partial charge in [-0.2, -0.15) is 0 Å². The summed E-state index contributed by atoms with van der Waals surface area (Å²) in [5.74, 6) is 0.191. The van der Waals surface area contributed by atoms with Crippen molar-refractivity contribution in [2.24, 2.45) is 5.92 Å². The third-order valence-electron chi connectivity index (χ3n) is 6.48. The van der Waals surface area contributed by atoms with Gasteiger partial charge in [0.15, 0.2) is 0 Å². The fourth-order valence-electron chi connectivity index (χ4n) is 4.45. The standard InChI is InChI=1S/C29H31ClFN3O3.ClH/c1-20(2)26-19-33(17-16-32-26)29(36)28(21-8-10-22(31)11-9-21)34(27(35)18-30)23-12-14-25(15-13-23)37-24-6-4-3-5-7-24;/h3-15,20,26,28,32H,16-19H2,1-2H3;1H/t26-,28+;/m1./s1. The number of piperazine rings is 1. The number of rotatable bonds is 8. The summed E-state index contributed by atoms with van der Waals surface area (Å²) in [5, 5.41) is 3.45. The van der Waals surface area contributed by atoms with Crippen molar-refractivity contribution >= 4 is 41.5 Å². The topological polar surface area (TPSA) is 61.9 Å². The summed E-state index contributed by atoms with van der Waals surface area (Å²) in [4.78, 5) is 30.5. The highest BCUT2D eigenvalue weighted by atomic mass is 35.5. The Kier molecular flexibility index (Phi) is 10.5. The van der Waals surface area contributed by atoms with Gasteiger partial charge in [-0.1, -0.05) is 44.2 Å². The first-order valence-corrected chi connectivity index (χ1v) is 12.9. The zero-order valence-corrected chi connectivity index (χ0v) is 22.9. The number of carbonyl (C=O) groups excluding carboxylic acids is 2. The number of anilines is 1.